The van der Waals surface area contributed by atoms with Crippen molar-refractivity contribution < 1.29 is 13.5 Å². The number of alkyl halides is 1. The van der Waals surface area contributed by atoms with Crippen molar-refractivity contribution >= 4 is 28.3 Å². The van der Waals surface area contributed by atoms with Crippen molar-refractivity contribution in [3.63, 3.8) is 0 Å². The van der Waals surface area contributed by atoms with E-state index in [4.69, 9.17) is 16.3 Å². The fourth-order valence-corrected chi connectivity index (χ4v) is 4.42. The number of fused-ring (bicyclic) bond motifs is 2. The van der Waals surface area contributed by atoms with Gasteiger partial charge < -0.3 is 9.64 Å². The van der Waals surface area contributed by atoms with Crippen LogP contribution in [0.15, 0.2) is 18.9 Å². The minimum absolute atomic E-state index is 0.0445. The lowest BCUT2D eigenvalue weighted by Gasteiger charge is -2.31. The molecule has 0 aliphatic carbocycles. The van der Waals surface area contributed by atoms with Gasteiger partial charge in [-0.05, 0) is 19.4 Å². The first kappa shape index (κ1) is 19.3. The Kier molecular flexibility index (Phi) is 5.09. The van der Waals surface area contributed by atoms with Crippen LogP contribution in [0.2, 0.25) is 5.15 Å². The number of rotatable bonds is 6. The zero-order chi connectivity index (χ0) is 19.9. The van der Waals surface area contributed by atoms with Gasteiger partial charge in [-0.15, -0.1) is 6.58 Å². The molecule has 0 radical (unpaired) electrons. The second kappa shape index (κ2) is 7.40. The molecule has 2 atom stereocenters. The molecule has 4 rings (SSSR count). The summed E-state index contributed by atoms with van der Waals surface area (Å²) in [5.74, 6) is -0.247. The molecular formula is C19H22ClF2N5O. The van der Waals surface area contributed by atoms with Crippen LogP contribution in [0, 0.1) is 5.82 Å². The molecule has 2 aromatic rings. The molecule has 0 spiro atoms. The summed E-state index contributed by atoms with van der Waals surface area (Å²) in [7, 11) is 1.81. The van der Waals surface area contributed by atoms with Crippen molar-refractivity contribution in [2.45, 2.75) is 31.0 Å². The normalized spacial score (nSPS) is 24.5. The maximum atomic E-state index is 14.6. The number of pyridine rings is 1. The molecule has 2 aromatic heterocycles. The van der Waals surface area contributed by atoms with E-state index in [0.29, 0.717) is 30.7 Å². The van der Waals surface area contributed by atoms with Crippen molar-refractivity contribution in [3.05, 3.63) is 29.8 Å². The van der Waals surface area contributed by atoms with E-state index < -0.39 is 12.0 Å². The molecule has 150 valence electrons. The first-order chi connectivity index (χ1) is 13.4. The highest BCUT2D eigenvalue weighted by molar-refractivity contribution is 6.30. The van der Waals surface area contributed by atoms with Crippen LogP contribution in [0.4, 0.5) is 14.6 Å². The fourth-order valence-electron chi connectivity index (χ4n) is 4.28. The van der Waals surface area contributed by atoms with Crippen molar-refractivity contribution in [2.75, 3.05) is 38.2 Å². The van der Waals surface area contributed by atoms with E-state index in [-0.39, 0.29) is 28.8 Å². The van der Waals surface area contributed by atoms with Crippen LogP contribution in [0.3, 0.4) is 0 Å². The molecule has 2 aliphatic heterocycles. The van der Waals surface area contributed by atoms with Gasteiger partial charge in [-0.2, -0.15) is 9.97 Å². The quantitative estimate of drug-likeness (QED) is 0.538. The maximum Gasteiger partial charge on any atom is 0.319 e. The number of nitrogens with zero attached hydrogens (tertiary/aromatic N) is 5. The van der Waals surface area contributed by atoms with Crippen LogP contribution >= 0.6 is 11.6 Å². The van der Waals surface area contributed by atoms with E-state index in [0.717, 1.165) is 19.4 Å². The molecular weight excluding hydrogens is 388 g/mol. The van der Waals surface area contributed by atoms with E-state index in [1.54, 1.807) is 11.0 Å². The van der Waals surface area contributed by atoms with E-state index in [9.17, 15) is 8.78 Å². The van der Waals surface area contributed by atoms with Crippen LogP contribution < -0.4 is 9.64 Å². The Labute approximate surface area is 167 Å². The van der Waals surface area contributed by atoms with Gasteiger partial charge in [0, 0.05) is 32.8 Å². The molecule has 2 fully saturated rings. The lowest BCUT2D eigenvalue weighted by molar-refractivity contribution is 0.107. The zero-order valence-corrected chi connectivity index (χ0v) is 16.4. The Hall–Kier alpha value is -2.06. The Morgan fingerprint density at radius 1 is 1.50 bits per heavy atom. The Morgan fingerprint density at radius 2 is 2.32 bits per heavy atom. The van der Waals surface area contributed by atoms with E-state index in [2.05, 4.69) is 26.4 Å². The summed E-state index contributed by atoms with van der Waals surface area (Å²) in [6.07, 6.45) is 4.63. The summed E-state index contributed by atoms with van der Waals surface area (Å²) in [6.45, 7) is 5.79. The number of hydrogen-bond donors (Lipinski definition) is 0. The largest absolute Gasteiger partial charge is 0.461 e. The average Bonchev–Trinajstić information content (AvgIpc) is 3.18. The summed E-state index contributed by atoms with van der Waals surface area (Å²) in [5, 5.41) is 0.176. The van der Waals surface area contributed by atoms with E-state index >= 15 is 0 Å². The van der Waals surface area contributed by atoms with Gasteiger partial charge in [0.25, 0.3) is 0 Å². The van der Waals surface area contributed by atoms with Crippen LogP contribution in [-0.2, 0) is 0 Å². The minimum Gasteiger partial charge on any atom is -0.461 e. The van der Waals surface area contributed by atoms with Gasteiger partial charge in [0.1, 0.15) is 24.1 Å². The van der Waals surface area contributed by atoms with E-state index in [1.165, 1.54) is 6.20 Å². The van der Waals surface area contributed by atoms with Crippen LogP contribution in [0.25, 0.3) is 10.9 Å². The standard InChI is InChI=1S/C19H22ClF2N5O/c1-3-6-26(2)17-13-9-23-16(20)14(22)15(13)24-18(25-17)28-11-19-5-4-7-27(19)10-12(21)8-19/h3,9,12H,1,4-8,10-11H2,2H3/t12-,19?/m1/s1. The van der Waals surface area contributed by atoms with Gasteiger partial charge in [-0.25, -0.2) is 13.8 Å². The SMILES string of the molecule is C=CCN(C)c1nc(OCC23CCCN2C[C@H](F)C3)nc2c(F)c(Cl)ncc12. The Balaban J connectivity index is 1.69. The molecule has 9 heteroatoms. The number of anilines is 1. The molecule has 28 heavy (non-hydrogen) atoms. The average molecular weight is 410 g/mol. The topological polar surface area (TPSA) is 54.4 Å². The highest BCUT2D eigenvalue weighted by Gasteiger charge is 2.49. The lowest BCUT2D eigenvalue weighted by Crippen LogP contribution is -2.43. The molecule has 4 heterocycles. The predicted molar refractivity (Wildman–Crippen MR) is 104 cm³/mol. The Morgan fingerprint density at radius 3 is 3.11 bits per heavy atom. The van der Waals surface area contributed by atoms with Gasteiger partial charge in [-0.3, -0.25) is 4.90 Å². The third-order valence-electron chi connectivity index (χ3n) is 5.60. The van der Waals surface area contributed by atoms with Gasteiger partial charge in [-0.1, -0.05) is 17.7 Å². The highest BCUT2D eigenvalue weighted by Crippen LogP contribution is 2.40. The molecule has 6 nitrogen and oxygen atoms in total. The molecule has 2 saturated heterocycles. The second-order valence-electron chi connectivity index (χ2n) is 7.49. The van der Waals surface area contributed by atoms with Gasteiger partial charge in [0.2, 0.25) is 0 Å². The number of likely N-dealkylation sites (N-methyl/N-ethyl adjacent to an activating group) is 1. The van der Waals surface area contributed by atoms with Gasteiger partial charge in [0.15, 0.2) is 11.0 Å². The molecule has 0 aromatic carbocycles. The van der Waals surface area contributed by atoms with Crippen LogP contribution in [0.5, 0.6) is 6.01 Å². The summed E-state index contributed by atoms with van der Waals surface area (Å²) < 4.78 is 34.4. The first-order valence-corrected chi connectivity index (χ1v) is 9.67. The fraction of sp³-hybridized carbons (Fsp3) is 0.526. The molecule has 0 saturated carbocycles. The van der Waals surface area contributed by atoms with Crippen molar-refractivity contribution in [2.24, 2.45) is 0 Å². The van der Waals surface area contributed by atoms with E-state index in [1.807, 2.05) is 7.05 Å². The summed E-state index contributed by atoms with van der Waals surface area (Å²) in [6, 6.07) is 0.0445. The third-order valence-corrected chi connectivity index (χ3v) is 5.86. The summed E-state index contributed by atoms with van der Waals surface area (Å²) in [4.78, 5) is 16.5. The third kappa shape index (κ3) is 3.28. The number of halogens is 3. The molecule has 1 unspecified atom stereocenters. The van der Waals surface area contributed by atoms with Crippen LogP contribution in [0.1, 0.15) is 19.3 Å². The summed E-state index contributed by atoms with van der Waals surface area (Å²) >= 11 is 5.84. The molecule has 0 amide bonds. The number of ether oxygens (including phenoxy) is 1. The number of hydrogen-bond acceptors (Lipinski definition) is 6. The van der Waals surface area contributed by atoms with Gasteiger partial charge in [0.05, 0.1) is 10.9 Å². The molecule has 2 aliphatic rings. The van der Waals surface area contributed by atoms with Crippen molar-refractivity contribution in [3.8, 4) is 6.01 Å². The second-order valence-corrected chi connectivity index (χ2v) is 7.85. The maximum absolute atomic E-state index is 14.6. The number of aromatic nitrogens is 3. The minimum atomic E-state index is -0.849. The molecule has 0 bridgehead atoms. The zero-order valence-electron chi connectivity index (χ0n) is 15.7. The first-order valence-electron chi connectivity index (χ1n) is 9.29. The Bertz CT molecular complexity index is 914. The lowest BCUT2D eigenvalue weighted by atomic mass is 9.95. The van der Waals surface area contributed by atoms with Gasteiger partial charge >= 0.3 is 6.01 Å². The monoisotopic (exact) mass is 409 g/mol. The van der Waals surface area contributed by atoms with Crippen molar-refractivity contribution in [1.82, 2.24) is 19.9 Å². The highest BCUT2D eigenvalue weighted by atomic mass is 35.5. The van der Waals surface area contributed by atoms with Crippen LogP contribution in [-0.4, -0.2) is 64.9 Å². The summed E-state index contributed by atoms with van der Waals surface area (Å²) in [5.41, 5.74) is -0.286. The molecule has 0 N–H and O–H groups in total. The predicted octanol–water partition coefficient (Wildman–Crippen LogP) is 3.39. The smallest absolute Gasteiger partial charge is 0.319 e. The van der Waals surface area contributed by atoms with Crippen molar-refractivity contribution in [1.29, 1.82) is 0 Å².